The molecule has 1 aromatic carbocycles. The van der Waals surface area contributed by atoms with Crippen LogP contribution in [0.25, 0.3) is 6.08 Å². The van der Waals surface area contributed by atoms with Crippen LogP contribution in [-0.2, 0) is 0 Å². The average Bonchev–Trinajstić information content (AvgIpc) is 2.54. The lowest BCUT2D eigenvalue weighted by Gasteiger charge is -2.13. The summed E-state index contributed by atoms with van der Waals surface area (Å²) < 4.78 is 1.67. The summed E-state index contributed by atoms with van der Waals surface area (Å²) in [4.78, 5) is 23.3. The molecule has 130 valence electrons. The highest BCUT2D eigenvalue weighted by Gasteiger charge is 2.27. The Hall–Kier alpha value is -3.29. The van der Waals surface area contributed by atoms with Crippen LogP contribution in [0.4, 0.5) is 11.4 Å². The van der Waals surface area contributed by atoms with Gasteiger partial charge in [0.2, 0.25) is 0 Å². The van der Waals surface area contributed by atoms with Gasteiger partial charge in [0.25, 0.3) is 11.4 Å². The van der Waals surface area contributed by atoms with Gasteiger partial charge < -0.3 is 4.90 Å². The third-order valence-corrected chi connectivity index (χ3v) is 3.69. The molecule has 2 rings (SSSR count). The van der Waals surface area contributed by atoms with Crippen molar-refractivity contribution in [1.29, 1.82) is 0 Å². The molecule has 25 heavy (non-hydrogen) atoms. The van der Waals surface area contributed by atoms with Crippen molar-refractivity contribution in [1.82, 2.24) is 0 Å². The van der Waals surface area contributed by atoms with Crippen LogP contribution in [0.2, 0.25) is 0 Å². The molecular formula is C17H19N4O4+. The maximum absolute atomic E-state index is 11.3. The number of hydrogen-bond donors (Lipinski definition) is 0. The minimum Gasteiger partial charge on any atom is -0.372 e. The van der Waals surface area contributed by atoms with Crippen LogP contribution >= 0.6 is 0 Å². The Morgan fingerprint density at radius 1 is 1.04 bits per heavy atom. The first-order chi connectivity index (χ1) is 11.7. The summed E-state index contributed by atoms with van der Waals surface area (Å²) in [6.45, 7) is 0. The Morgan fingerprint density at radius 2 is 1.72 bits per heavy atom. The molecule has 0 unspecified atom stereocenters. The smallest absolute Gasteiger partial charge is 0.340 e. The Morgan fingerprint density at radius 3 is 2.24 bits per heavy atom. The maximum atomic E-state index is 11.3. The summed E-state index contributed by atoms with van der Waals surface area (Å²) in [5, 5.41) is 22.5. The van der Waals surface area contributed by atoms with Gasteiger partial charge in [0.1, 0.15) is 19.8 Å². The molecule has 0 N–H and O–H groups in total. The van der Waals surface area contributed by atoms with Gasteiger partial charge in [-0.15, -0.1) is 0 Å². The molecule has 0 saturated carbocycles. The highest BCUT2D eigenvalue weighted by Crippen LogP contribution is 2.29. The van der Waals surface area contributed by atoms with Gasteiger partial charge in [0.15, 0.2) is 0 Å². The molecule has 8 nitrogen and oxygen atoms in total. The highest BCUT2D eigenvalue weighted by atomic mass is 16.6. The number of nitro benzene ring substituents is 1. The fraction of sp³-hybridized carbons (Fsp3) is 0.235. The molecule has 0 bridgehead atoms. The molecule has 0 amide bonds. The molecule has 1 aromatic rings. The molecular weight excluding hydrogens is 324 g/mol. The zero-order valence-corrected chi connectivity index (χ0v) is 14.5. The molecule has 0 spiro atoms. The van der Waals surface area contributed by atoms with Crippen LogP contribution in [0.1, 0.15) is 5.56 Å². The molecule has 1 aliphatic carbocycles. The molecule has 0 fully saturated rings. The topological polar surface area (TPSA) is 92.5 Å². The van der Waals surface area contributed by atoms with E-state index in [1.54, 1.807) is 68.0 Å². The minimum atomic E-state index is -0.440. The molecule has 0 aliphatic heterocycles. The van der Waals surface area contributed by atoms with E-state index in [1.165, 1.54) is 12.1 Å². The molecule has 0 aromatic heterocycles. The van der Waals surface area contributed by atoms with Crippen molar-refractivity contribution in [3.63, 3.8) is 0 Å². The Balaban J connectivity index is 2.50. The lowest BCUT2D eigenvalue weighted by molar-refractivity contribution is -0.477. The zero-order chi connectivity index (χ0) is 18.7. The largest absolute Gasteiger partial charge is 0.372 e. The quantitative estimate of drug-likeness (QED) is 0.476. The number of hydrogen-bond acceptors (Lipinski definition) is 5. The van der Waals surface area contributed by atoms with Gasteiger partial charge in [-0.25, -0.2) is 4.58 Å². The highest BCUT2D eigenvalue weighted by molar-refractivity contribution is 6.05. The number of nitro groups is 2. The average molecular weight is 343 g/mol. The van der Waals surface area contributed by atoms with Crippen LogP contribution in [0.3, 0.4) is 0 Å². The van der Waals surface area contributed by atoms with E-state index in [4.69, 9.17) is 0 Å². The van der Waals surface area contributed by atoms with Crippen molar-refractivity contribution in [2.24, 2.45) is 0 Å². The Bertz CT molecular complexity index is 859. The molecule has 0 heterocycles. The first-order valence-corrected chi connectivity index (χ1v) is 7.47. The van der Waals surface area contributed by atoms with Crippen LogP contribution in [0.15, 0.2) is 47.7 Å². The predicted octanol–water partition coefficient (Wildman–Crippen LogP) is 2.49. The second-order valence-corrected chi connectivity index (χ2v) is 5.94. The number of benzene rings is 1. The molecule has 0 saturated heterocycles. The van der Waals surface area contributed by atoms with Crippen molar-refractivity contribution in [2.75, 3.05) is 33.1 Å². The van der Waals surface area contributed by atoms with Gasteiger partial charge in [-0.3, -0.25) is 20.2 Å². The second kappa shape index (κ2) is 7.08. The van der Waals surface area contributed by atoms with Crippen molar-refractivity contribution in [2.45, 2.75) is 0 Å². The van der Waals surface area contributed by atoms with E-state index in [0.29, 0.717) is 22.5 Å². The van der Waals surface area contributed by atoms with E-state index in [9.17, 15) is 20.2 Å². The fourth-order valence-corrected chi connectivity index (χ4v) is 2.50. The maximum Gasteiger partial charge on any atom is 0.340 e. The first kappa shape index (κ1) is 18.1. The van der Waals surface area contributed by atoms with Gasteiger partial charge in [0, 0.05) is 32.3 Å². The summed E-state index contributed by atoms with van der Waals surface area (Å²) in [5.74, 6) is 0. The molecule has 0 atom stereocenters. The normalized spacial score (nSPS) is 15.1. The zero-order valence-electron chi connectivity index (χ0n) is 14.5. The Kier molecular flexibility index (Phi) is 5.11. The van der Waals surface area contributed by atoms with E-state index >= 15 is 0 Å². The summed E-state index contributed by atoms with van der Waals surface area (Å²) in [6.07, 6.45) is 6.54. The number of rotatable bonds is 4. The van der Waals surface area contributed by atoms with E-state index < -0.39 is 9.85 Å². The van der Waals surface area contributed by atoms with E-state index in [1.807, 2.05) is 0 Å². The minimum absolute atomic E-state index is 0.0156. The third-order valence-electron chi connectivity index (χ3n) is 3.69. The van der Waals surface area contributed by atoms with Crippen LogP contribution in [0.5, 0.6) is 0 Å². The lowest BCUT2D eigenvalue weighted by Crippen LogP contribution is -2.20. The summed E-state index contributed by atoms with van der Waals surface area (Å²) >= 11 is 0. The van der Waals surface area contributed by atoms with Crippen molar-refractivity contribution in [3.05, 3.63) is 73.5 Å². The predicted molar refractivity (Wildman–Crippen MR) is 96.7 cm³/mol. The van der Waals surface area contributed by atoms with Crippen molar-refractivity contribution >= 4 is 23.2 Å². The van der Waals surface area contributed by atoms with Crippen molar-refractivity contribution < 1.29 is 14.4 Å². The summed E-state index contributed by atoms with van der Waals surface area (Å²) in [7, 11) is 6.92. The third kappa shape index (κ3) is 3.97. The van der Waals surface area contributed by atoms with Gasteiger partial charge in [-0.05, 0) is 29.4 Å². The molecule has 1 aliphatic rings. The molecule has 8 heteroatoms. The van der Waals surface area contributed by atoms with Crippen LogP contribution in [-0.4, -0.2) is 48.3 Å². The van der Waals surface area contributed by atoms with E-state index in [-0.39, 0.29) is 11.4 Å². The number of allylic oxidation sites excluding steroid dienone is 4. The number of anilines is 1. The fourth-order valence-electron chi connectivity index (χ4n) is 2.50. The standard InChI is InChI=1S/C17H19N4O4/c1-18(2)14-7-5-12(10-16(14)20(22)23)9-13-6-8-15(19(3)4)17(11-13)21(24)25/h5-11H,1-4H3/q+1. The summed E-state index contributed by atoms with van der Waals surface area (Å²) in [6, 6.07) is 4.86. The summed E-state index contributed by atoms with van der Waals surface area (Å²) in [5.41, 5.74) is 2.16. The monoisotopic (exact) mass is 343 g/mol. The van der Waals surface area contributed by atoms with Gasteiger partial charge in [-0.1, -0.05) is 6.07 Å². The van der Waals surface area contributed by atoms with E-state index in [2.05, 4.69) is 0 Å². The molecule has 0 radical (unpaired) electrons. The first-order valence-electron chi connectivity index (χ1n) is 7.47. The van der Waals surface area contributed by atoms with Gasteiger partial charge in [0.05, 0.1) is 9.85 Å². The van der Waals surface area contributed by atoms with E-state index in [0.717, 1.165) is 0 Å². The Labute approximate surface area is 145 Å². The van der Waals surface area contributed by atoms with Gasteiger partial charge in [-0.2, -0.15) is 0 Å². The van der Waals surface area contributed by atoms with Crippen LogP contribution in [0, 0.1) is 20.2 Å². The lowest BCUT2D eigenvalue weighted by atomic mass is 10.0. The second-order valence-electron chi connectivity index (χ2n) is 5.94. The van der Waals surface area contributed by atoms with Crippen molar-refractivity contribution in [3.8, 4) is 0 Å². The van der Waals surface area contributed by atoms with Crippen LogP contribution < -0.4 is 4.90 Å². The SMILES string of the molecule is CN(C)c1ccc(C=C2C=CC(=[N+](C)C)C([N+](=O)[O-])=C2)cc1[N+](=O)[O-]. The number of nitrogens with zero attached hydrogens (tertiary/aromatic N) is 4. The van der Waals surface area contributed by atoms with Gasteiger partial charge >= 0.3 is 5.70 Å².